The molecule has 1 aliphatic carbocycles. The second-order valence-electron chi connectivity index (χ2n) is 7.55. The number of halogens is 3. The molecule has 1 aromatic carbocycles. The molecule has 1 aromatic rings. The summed E-state index contributed by atoms with van der Waals surface area (Å²) in [5.74, 6) is -2.04. The Morgan fingerprint density at radius 3 is 2.24 bits per heavy atom. The number of rotatable bonds is 8. The number of benzene rings is 1. The summed E-state index contributed by atoms with van der Waals surface area (Å²) in [6, 6.07) is 4.67. The van der Waals surface area contributed by atoms with Gasteiger partial charge < -0.3 is 24.8 Å². The minimum Gasteiger partial charge on any atom is -0.497 e. The van der Waals surface area contributed by atoms with Gasteiger partial charge in [0, 0.05) is 51.3 Å². The molecule has 0 atom stereocenters. The van der Waals surface area contributed by atoms with Crippen LogP contribution in [0.4, 0.5) is 13.2 Å². The van der Waals surface area contributed by atoms with Crippen molar-refractivity contribution in [3.63, 3.8) is 0 Å². The summed E-state index contributed by atoms with van der Waals surface area (Å²) in [7, 11) is -0.865. The van der Waals surface area contributed by atoms with Gasteiger partial charge in [-0.3, -0.25) is 4.79 Å². The highest BCUT2D eigenvalue weighted by atomic mass is 32.2. The topological polar surface area (TPSA) is 125 Å². The van der Waals surface area contributed by atoms with Crippen molar-refractivity contribution < 1.29 is 45.8 Å². The van der Waals surface area contributed by atoms with Crippen LogP contribution < -0.4 is 14.8 Å². The van der Waals surface area contributed by atoms with Gasteiger partial charge in [0.25, 0.3) is 0 Å². The van der Waals surface area contributed by atoms with Crippen LogP contribution >= 0.6 is 0 Å². The molecular weight excluding hydrogens is 483 g/mol. The summed E-state index contributed by atoms with van der Waals surface area (Å²) < 4.78 is 70.2. The van der Waals surface area contributed by atoms with Crippen molar-refractivity contribution in [1.82, 2.24) is 14.5 Å². The summed E-state index contributed by atoms with van der Waals surface area (Å²) >= 11 is 0. The van der Waals surface area contributed by atoms with E-state index in [0.717, 1.165) is 25.9 Å². The summed E-state index contributed by atoms with van der Waals surface area (Å²) in [5, 5.41) is 10.3. The lowest BCUT2D eigenvalue weighted by molar-refractivity contribution is -0.192. The van der Waals surface area contributed by atoms with Crippen molar-refractivity contribution in [3.8, 4) is 11.5 Å². The molecule has 0 unspecified atom stereocenters. The van der Waals surface area contributed by atoms with E-state index < -0.39 is 22.2 Å². The normalized spacial score (nSPS) is 16.5. The Bertz CT molecular complexity index is 963. The van der Waals surface area contributed by atoms with E-state index in [4.69, 9.17) is 19.4 Å². The number of ether oxygens (including phenoxy) is 2. The predicted molar refractivity (Wildman–Crippen MR) is 114 cm³/mol. The summed E-state index contributed by atoms with van der Waals surface area (Å²) in [6.45, 7) is 3.06. The van der Waals surface area contributed by atoms with E-state index in [1.807, 2.05) is 0 Å². The number of aliphatic carboxylic acids is 1. The number of carboxylic acids is 1. The standard InChI is InChI=1S/C18H27N3O5S.C2HF3O2/c1-25-15-5-6-16(26-2)17(13-15)27(23,24)21(14-3-4-14)10-7-18(22)20-11-8-19-9-12-20;3-2(4,5)1(6)7/h5-6,13-14,19H,3-4,7-12H2,1-2H3;(H,6,7). The smallest absolute Gasteiger partial charge is 0.490 e. The van der Waals surface area contributed by atoms with Crippen LogP contribution in [-0.4, -0.2) is 93.8 Å². The molecule has 0 spiro atoms. The minimum absolute atomic E-state index is 0.00467. The molecule has 1 saturated carbocycles. The second-order valence-corrected chi connectivity index (χ2v) is 9.41. The molecule has 10 nitrogen and oxygen atoms in total. The van der Waals surface area contributed by atoms with Gasteiger partial charge in [-0.2, -0.15) is 17.5 Å². The van der Waals surface area contributed by atoms with Crippen LogP contribution in [0.5, 0.6) is 11.5 Å². The van der Waals surface area contributed by atoms with Gasteiger partial charge in [-0.1, -0.05) is 0 Å². The van der Waals surface area contributed by atoms with E-state index >= 15 is 0 Å². The van der Waals surface area contributed by atoms with Gasteiger partial charge in [-0.05, 0) is 25.0 Å². The van der Waals surface area contributed by atoms with Crippen molar-refractivity contribution in [3.05, 3.63) is 18.2 Å². The predicted octanol–water partition coefficient (Wildman–Crippen LogP) is 1.31. The lowest BCUT2D eigenvalue weighted by Crippen LogP contribution is -2.47. The number of sulfonamides is 1. The number of amides is 1. The number of hydrogen-bond acceptors (Lipinski definition) is 7. The number of hydrogen-bond donors (Lipinski definition) is 2. The number of nitrogens with zero attached hydrogens (tertiary/aromatic N) is 2. The average molecular weight is 512 g/mol. The monoisotopic (exact) mass is 511 g/mol. The number of piperazine rings is 1. The SMILES string of the molecule is COc1ccc(OC)c(S(=O)(=O)N(CCC(=O)N2CCNCC2)C2CC2)c1.O=C(O)C(F)(F)F. The average Bonchev–Trinajstić information content (AvgIpc) is 3.64. The Morgan fingerprint density at radius 2 is 1.76 bits per heavy atom. The highest BCUT2D eigenvalue weighted by Crippen LogP contribution is 2.36. The first-order valence-electron chi connectivity index (χ1n) is 10.4. The lowest BCUT2D eigenvalue weighted by Gasteiger charge is -2.29. The summed E-state index contributed by atoms with van der Waals surface area (Å²) in [5.41, 5.74) is 0. The quantitative estimate of drug-likeness (QED) is 0.535. The Kier molecular flexibility index (Phi) is 9.53. The Labute approximate surface area is 195 Å². The summed E-state index contributed by atoms with van der Waals surface area (Å²) in [6.07, 6.45) is -3.28. The zero-order valence-corrected chi connectivity index (χ0v) is 19.6. The Morgan fingerprint density at radius 1 is 1.18 bits per heavy atom. The fraction of sp³-hybridized carbons (Fsp3) is 0.600. The lowest BCUT2D eigenvalue weighted by atomic mass is 10.3. The summed E-state index contributed by atoms with van der Waals surface area (Å²) in [4.78, 5) is 23.2. The molecular formula is C20H28F3N3O7S. The number of carbonyl (C=O) groups excluding carboxylic acids is 1. The van der Waals surface area contributed by atoms with Crippen molar-refractivity contribution in [2.24, 2.45) is 0 Å². The zero-order chi connectivity index (χ0) is 25.5. The molecule has 2 fully saturated rings. The molecule has 3 rings (SSSR count). The van der Waals surface area contributed by atoms with E-state index in [-0.39, 0.29) is 35.6 Å². The molecule has 1 amide bonds. The van der Waals surface area contributed by atoms with Crippen molar-refractivity contribution in [2.75, 3.05) is 46.9 Å². The molecule has 34 heavy (non-hydrogen) atoms. The van der Waals surface area contributed by atoms with E-state index in [1.54, 1.807) is 17.0 Å². The molecule has 2 N–H and O–H groups in total. The highest BCUT2D eigenvalue weighted by Gasteiger charge is 2.40. The third-order valence-corrected chi connectivity index (χ3v) is 7.14. The third kappa shape index (κ3) is 7.46. The van der Waals surface area contributed by atoms with Gasteiger partial charge in [0.15, 0.2) is 0 Å². The molecule has 0 bridgehead atoms. The molecule has 192 valence electrons. The van der Waals surface area contributed by atoms with E-state index in [0.29, 0.717) is 18.8 Å². The van der Waals surface area contributed by atoms with E-state index in [1.165, 1.54) is 24.6 Å². The number of alkyl halides is 3. The Hall–Kier alpha value is -2.58. The zero-order valence-electron chi connectivity index (χ0n) is 18.8. The van der Waals surface area contributed by atoms with Gasteiger partial charge >= 0.3 is 12.1 Å². The maximum Gasteiger partial charge on any atom is 0.490 e. The van der Waals surface area contributed by atoms with Gasteiger partial charge in [0.1, 0.15) is 16.4 Å². The molecule has 1 saturated heterocycles. The first kappa shape index (κ1) is 27.7. The first-order valence-corrected chi connectivity index (χ1v) is 11.9. The number of nitrogens with one attached hydrogen (secondary N) is 1. The molecule has 1 heterocycles. The maximum absolute atomic E-state index is 13.3. The van der Waals surface area contributed by atoms with Gasteiger partial charge in [-0.25, -0.2) is 13.2 Å². The maximum atomic E-state index is 13.3. The minimum atomic E-state index is -5.08. The van der Waals surface area contributed by atoms with Crippen LogP contribution in [0.2, 0.25) is 0 Å². The number of carbonyl (C=O) groups is 2. The number of carboxylic acid groups (broad SMARTS) is 1. The number of methoxy groups -OCH3 is 2. The van der Waals surface area contributed by atoms with Crippen LogP contribution in [0.3, 0.4) is 0 Å². The largest absolute Gasteiger partial charge is 0.497 e. The first-order chi connectivity index (χ1) is 15.9. The molecule has 2 aliphatic rings. The fourth-order valence-electron chi connectivity index (χ4n) is 3.25. The van der Waals surface area contributed by atoms with E-state index in [2.05, 4.69) is 5.32 Å². The fourth-order valence-corrected chi connectivity index (χ4v) is 5.11. The van der Waals surface area contributed by atoms with Gasteiger partial charge in [-0.15, -0.1) is 0 Å². The van der Waals surface area contributed by atoms with Gasteiger partial charge in [0.05, 0.1) is 14.2 Å². The highest BCUT2D eigenvalue weighted by molar-refractivity contribution is 7.89. The van der Waals surface area contributed by atoms with Crippen LogP contribution in [0.25, 0.3) is 0 Å². The van der Waals surface area contributed by atoms with Crippen molar-refractivity contribution in [1.29, 1.82) is 0 Å². The molecule has 1 aliphatic heterocycles. The molecule has 0 aromatic heterocycles. The second kappa shape index (κ2) is 11.7. The third-order valence-electron chi connectivity index (χ3n) is 5.17. The Balaban J connectivity index is 0.000000509. The van der Waals surface area contributed by atoms with Crippen molar-refractivity contribution >= 4 is 21.9 Å². The van der Waals surface area contributed by atoms with E-state index in [9.17, 15) is 26.4 Å². The van der Waals surface area contributed by atoms with Gasteiger partial charge in [0.2, 0.25) is 15.9 Å². The van der Waals surface area contributed by atoms with Crippen LogP contribution in [-0.2, 0) is 19.6 Å². The molecule has 14 heteroatoms. The van der Waals surface area contributed by atoms with Crippen LogP contribution in [0.15, 0.2) is 23.1 Å². The van der Waals surface area contributed by atoms with Crippen molar-refractivity contribution in [2.45, 2.75) is 36.4 Å². The molecule has 0 radical (unpaired) electrons. The van der Waals surface area contributed by atoms with Crippen LogP contribution in [0.1, 0.15) is 19.3 Å². The van der Waals surface area contributed by atoms with Crippen LogP contribution in [0, 0.1) is 0 Å².